The number of amides is 1. The summed E-state index contributed by atoms with van der Waals surface area (Å²) < 4.78 is 39.9. The largest absolute Gasteiger partial charge is 0.340 e. The van der Waals surface area contributed by atoms with Crippen molar-refractivity contribution >= 4 is 27.3 Å². The van der Waals surface area contributed by atoms with E-state index in [1.54, 1.807) is 4.90 Å². The van der Waals surface area contributed by atoms with E-state index in [2.05, 4.69) is 19.7 Å². The minimum absolute atomic E-state index is 0.0433. The first-order valence-electron chi connectivity index (χ1n) is 11.4. The summed E-state index contributed by atoms with van der Waals surface area (Å²) in [7, 11) is -2.95. The fourth-order valence-electron chi connectivity index (χ4n) is 5.27. The number of aromatic nitrogens is 3. The maximum atomic E-state index is 14.2. The molecule has 0 radical (unpaired) electrons. The highest BCUT2D eigenvalue weighted by molar-refractivity contribution is 7.92. The third-order valence-corrected chi connectivity index (χ3v) is 9.40. The Morgan fingerprint density at radius 3 is 2.52 bits per heavy atom. The molecular formula is C22H25ClFN5O3S. The average molecular weight is 494 g/mol. The smallest absolute Gasteiger partial charge is 0.260 e. The van der Waals surface area contributed by atoms with Crippen LogP contribution in [-0.2, 0) is 27.7 Å². The third-order valence-electron chi connectivity index (χ3n) is 7.38. The number of alkyl halides is 1. The maximum absolute atomic E-state index is 14.2. The van der Waals surface area contributed by atoms with E-state index in [4.69, 9.17) is 11.6 Å². The average Bonchev–Trinajstić information content (AvgIpc) is 3.43. The Morgan fingerprint density at radius 2 is 1.85 bits per heavy atom. The highest BCUT2D eigenvalue weighted by Gasteiger charge is 2.53. The number of hydrogen-bond acceptors (Lipinski definition) is 6. The van der Waals surface area contributed by atoms with E-state index in [1.807, 2.05) is 18.2 Å². The van der Waals surface area contributed by atoms with Crippen LogP contribution in [0.4, 0.5) is 4.39 Å². The van der Waals surface area contributed by atoms with Crippen LogP contribution in [0.25, 0.3) is 5.69 Å². The Balaban J connectivity index is 1.29. The number of carbonyl (C=O) groups excluding carboxylic acids is 1. The van der Waals surface area contributed by atoms with Gasteiger partial charge in [0.1, 0.15) is 5.82 Å². The Bertz CT molecular complexity index is 1220. The van der Waals surface area contributed by atoms with Crippen molar-refractivity contribution in [3.05, 3.63) is 40.4 Å². The lowest BCUT2D eigenvalue weighted by molar-refractivity contribution is -0.139. The van der Waals surface area contributed by atoms with Gasteiger partial charge in [0.2, 0.25) is 0 Å². The van der Waals surface area contributed by atoms with Gasteiger partial charge in [0.15, 0.2) is 21.3 Å². The van der Waals surface area contributed by atoms with Crippen LogP contribution in [0.3, 0.4) is 0 Å². The van der Waals surface area contributed by atoms with Crippen molar-refractivity contribution in [1.29, 1.82) is 0 Å². The molecule has 1 aromatic carbocycles. The molecule has 0 unspecified atom stereocenters. The molecule has 4 heterocycles. The van der Waals surface area contributed by atoms with E-state index in [0.717, 1.165) is 22.9 Å². The Hall–Kier alpha value is -2.04. The van der Waals surface area contributed by atoms with Crippen LogP contribution in [0, 0.1) is 0 Å². The van der Waals surface area contributed by atoms with Gasteiger partial charge in [0, 0.05) is 36.6 Å². The molecule has 1 aliphatic carbocycles. The number of nitrogens with zero attached hydrogens (tertiary/aromatic N) is 5. The molecule has 11 heteroatoms. The summed E-state index contributed by atoms with van der Waals surface area (Å²) in [4.78, 5) is 16.2. The molecule has 0 bridgehead atoms. The summed E-state index contributed by atoms with van der Waals surface area (Å²) in [5.74, 6) is 1.66. The van der Waals surface area contributed by atoms with Crippen LogP contribution in [0.15, 0.2) is 18.2 Å². The standard InChI is InChI=1S/C22H25ClFN5O3S/c23-16-1-2-18-15(9-16)10-28(17-12-33(31,32)13-17)11-19-25-26-20(29(18)19)14-3-7-27(8-4-14)21(30)22(24)5-6-22/h1-2,9,14,17H,3-8,10-13H2. The summed E-state index contributed by atoms with van der Waals surface area (Å²) in [5, 5.41) is 9.66. The molecule has 2 aromatic rings. The van der Waals surface area contributed by atoms with Crippen molar-refractivity contribution in [3.63, 3.8) is 0 Å². The zero-order valence-corrected chi connectivity index (χ0v) is 19.7. The summed E-state index contributed by atoms with van der Waals surface area (Å²) in [5.41, 5.74) is 0.334. The second kappa shape index (κ2) is 7.48. The topological polar surface area (TPSA) is 88.4 Å². The number of hydrogen-bond donors (Lipinski definition) is 0. The maximum Gasteiger partial charge on any atom is 0.260 e. The number of likely N-dealkylation sites (tertiary alicyclic amines) is 1. The lowest BCUT2D eigenvalue weighted by Gasteiger charge is -2.35. The summed E-state index contributed by atoms with van der Waals surface area (Å²) >= 11 is 6.30. The van der Waals surface area contributed by atoms with E-state index in [9.17, 15) is 17.6 Å². The number of rotatable bonds is 3. The molecule has 33 heavy (non-hydrogen) atoms. The van der Waals surface area contributed by atoms with E-state index in [0.29, 0.717) is 56.9 Å². The van der Waals surface area contributed by atoms with Gasteiger partial charge in [0.05, 0.1) is 23.7 Å². The number of halogens is 2. The molecule has 1 aromatic heterocycles. The van der Waals surface area contributed by atoms with Gasteiger partial charge in [-0.25, -0.2) is 12.8 Å². The number of piperidine rings is 1. The van der Waals surface area contributed by atoms with Gasteiger partial charge >= 0.3 is 0 Å². The molecular weight excluding hydrogens is 469 g/mol. The van der Waals surface area contributed by atoms with E-state index < -0.39 is 15.5 Å². The first kappa shape index (κ1) is 21.5. The van der Waals surface area contributed by atoms with Gasteiger partial charge in [-0.1, -0.05) is 11.6 Å². The van der Waals surface area contributed by atoms with Crippen LogP contribution in [0.1, 0.15) is 48.8 Å². The molecule has 1 saturated carbocycles. The van der Waals surface area contributed by atoms with Gasteiger partial charge in [-0.2, -0.15) is 0 Å². The number of fused-ring (bicyclic) bond motifs is 3. The summed E-state index contributed by atoms with van der Waals surface area (Å²) in [6, 6.07) is 5.69. The Morgan fingerprint density at radius 1 is 1.12 bits per heavy atom. The first-order chi connectivity index (χ1) is 15.7. The van der Waals surface area contributed by atoms with Crippen LogP contribution in [0.5, 0.6) is 0 Å². The molecule has 2 saturated heterocycles. The fourth-order valence-corrected chi connectivity index (χ4v) is 6.96. The van der Waals surface area contributed by atoms with E-state index in [-0.39, 0.29) is 29.4 Å². The van der Waals surface area contributed by atoms with Crippen LogP contribution >= 0.6 is 11.6 Å². The summed E-state index contributed by atoms with van der Waals surface area (Å²) in [6.45, 7) is 2.11. The van der Waals surface area contributed by atoms with Crippen molar-refractivity contribution < 1.29 is 17.6 Å². The van der Waals surface area contributed by atoms with Crippen molar-refractivity contribution in [1.82, 2.24) is 24.6 Å². The fraction of sp³-hybridized carbons (Fsp3) is 0.591. The number of benzene rings is 1. The lowest BCUT2D eigenvalue weighted by atomic mass is 9.95. The quantitative estimate of drug-likeness (QED) is 0.651. The monoisotopic (exact) mass is 493 g/mol. The molecule has 3 aliphatic heterocycles. The third kappa shape index (κ3) is 3.76. The van der Waals surface area contributed by atoms with Crippen LogP contribution < -0.4 is 0 Å². The van der Waals surface area contributed by atoms with E-state index in [1.165, 1.54) is 0 Å². The van der Waals surface area contributed by atoms with Gasteiger partial charge in [-0.15, -0.1) is 10.2 Å². The highest BCUT2D eigenvalue weighted by atomic mass is 35.5. The number of carbonyl (C=O) groups is 1. The summed E-state index contributed by atoms with van der Waals surface area (Å²) in [6.07, 6.45) is 2.07. The minimum Gasteiger partial charge on any atom is -0.340 e. The minimum atomic E-state index is -2.95. The zero-order chi connectivity index (χ0) is 23.0. The predicted molar refractivity (Wildman–Crippen MR) is 120 cm³/mol. The van der Waals surface area contributed by atoms with Crippen molar-refractivity contribution in [2.75, 3.05) is 24.6 Å². The Kier molecular flexibility index (Phi) is 4.87. The van der Waals surface area contributed by atoms with Crippen molar-refractivity contribution in [2.24, 2.45) is 0 Å². The highest BCUT2D eigenvalue weighted by Crippen LogP contribution is 2.43. The molecule has 0 atom stereocenters. The van der Waals surface area contributed by atoms with Crippen LogP contribution in [0.2, 0.25) is 5.02 Å². The number of sulfone groups is 1. The van der Waals surface area contributed by atoms with Crippen LogP contribution in [-0.4, -0.2) is 75.2 Å². The molecule has 6 rings (SSSR count). The first-order valence-corrected chi connectivity index (χ1v) is 13.6. The normalized spacial score (nSPS) is 24.5. The van der Waals surface area contributed by atoms with Gasteiger partial charge < -0.3 is 4.90 Å². The van der Waals surface area contributed by atoms with Gasteiger partial charge in [0.25, 0.3) is 5.91 Å². The predicted octanol–water partition coefficient (Wildman–Crippen LogP) is 2.24. The van der Waals surface area contributed by atoms with Crippen molar-refractivity contribution in [3.8, 4) is 5.69 Å². The second-order valence-corrected chi connectivity index (χ2v) is 12.3. The molecule has 3 fully saturated rings. The molecule has 0 N–H and O–H groups in total. The molecule has 1 amide bonds. The van der Waals surface area contributed by atoms with E-state index >= 15 is 0 Å². The van der Waals surface area contributed by atoms with Crippen molar-refractivity contribution in [2.45, 2.75) is 56.4 Å². The lowest BCUT2D eigenvalue weighted by Crippen LogP contribution is -2.52. The molecule has 176 valence electrons. The molecule has 4 aliphatic rings. The Labute approximate surface area is 196 Å². The van der Waals surface area contributed by atoms with Gasteiger partial charge in [-0.3, -0.25) is 14.3 Å². The molecule has 8 nitrogen and oxygen atoms in total. The van der Waals surface area contributed by atoms with Gasteiger partial charge in [-0.05, 0) is 49.4 Å². The second-order valence-electron chi connectivity index (χ2n) is 9.75. The molecule has 0 spiro atoms. The SMILES string of the molecule is O=C(N1CCC(c2nnc3n2-c2ccc(Cl)cc2CN(C2CS(=O)(=O)C2)C3)CC1)C1(F)CC1. The zero-order valence-electron chi connectivity index (χ0n) is 18.1.